The lowest BCUT2D eigenvalue weighted by atomic mass is 10.4. The minimum atomic E-state index is -0.758. The van der Waals surface area contributed by atoms with Crippen LogP contribution in [0.5, 0.6) is 0 Å². The Morgan fingerprint density at radius 1 is 1.38 bits per heavy atom. The molecule has 0 bridgehead atoms. The van der Waals surface area contributed by atoms with Crippen LogP contribution in [0.2, 0.25) is 0 Å². The number of aliphatic carboxylic acids is 1. The van der Waals surface area contributed by atoms with Gasteiger partial charge >= 0.3 is 5.97 Å². The molecule has 0 amide bonds. The first kappa shape index (κ1) is 13.1. The predicted molar refractivity (Wildman–Crippen MR) is 66.9 cm³/mol. The molecular weight excluding hydrogens is 222 g/mol. The van der Waals surface area contributed by atoms with Gasteiger partial charge < -0.3 is 5.11 Å². The topological polar surface area (TPSA) is 40.5 Å². The molecule has 1 aromatic carbocycles. The van der Waals surface area contributed by atoms with Crippen LogP contribution in [0.15, 0.2) is 35.2 Å². The van der Waals surface area contributed by atoms with Crippen LogP contribution in [0.4, 0.5) is 0 Å². The number of carbonyl (C=O) groups is 1. The monoisotopic (exact) mass is 239 g/mol. The van der Waals surface area contributed by atoms with Crippen molar-refractivity contribution in [3.63, 3.8) is 0 Å². The number of hydrogen-bond acceptors (Lipinski definition) is 3. The lowest BCUT2D eigenvalue weighted by Gasteiger charge is -2.17. The Labute approximate surface area is 100 Å². The van der Waals surface area contributed by atoms with Gasteiger partial charge in [0.15, 0.2) is 0 Å². The molecule has 0 aliphatic carbocycles. The Kier molecular flexibility index (Phi) is 5.96. The van der Waals surface area contributed by atoms with Crippen molar-refractivity contribution in [2.24, 2.45) is 0 Å². The molecule has 0 unspecified atom stereocenters. The first-order valence-electron chi connectivity index (χ1n) is 5.34. The van der Waals surface area contributed by atoms with Crippen molar-refractivity contribution < 1.29 is 9.90 Å². The van der Waals surface area contributed by atoms with Crippen LogP contribution in [-0.2, 0) is 4.79 Å². The molecule has 0 heterocycles. The fraction of sp³-hybridized carbons (Fsp3) is 0.417. The number of rotatable bonds is 7. The maximum Gasteiger partial charge on any atom is 0.317 e. The van der Waals surface area contributed by atoms with Gasteiger partial charge in [0, 0.05) is 17.2 Å². The molecule has 1 N–H and O–H groups in total. The molecule has 0 aliphatic rings. The predicted octanol–water partition coefficient (Wildman–Crippen LogP) is 2.19. The summed E-state index contributed by atoms with van der Waals surface area (Å²) in [5.41, 5.74) is 0. The smallest absolute Gasteiger partial charge is 0.317 e. The lowest BCUT2D eigenvalue weighted by Crippen LogP contribution is -2.31. The second-order valence-corrected chi connectivity index (χ2v) is 4.59. The number of carboxylic acid groups (broad SMARTS) is 1. The molecule has 4 heteroatoms. The highest BCUT2D eigenvalue weighted by Gasteiger charge is 2.06. The number of carboxylic acids is 1. The number of thioether (sulfide) groups is 1. The van der Waals surface area contributed by atoms with Gasteiger partial charge in [-0.2, -0.15) is 0 Å². The zero-order valence-corrected chi connectivity index (χ0v) is 10.2. The van der Waals surface area contributed by atoms with Gasteiger partial charge in [-0.05, 0) is 18.7 Å². The van der Waals surface area contributed by atoms with E-state index in [1.807, 2.05) is 30.0 Å². The zero-order chi connectivity index (χ0) is 11.8. The van der Waals surface area contributed by atoms with Gasteiger partial charge in [-0.1, -0.05) is 25.1 Å². The van der Waals surface area contributed by atoms with Gasteiger partial charge in [0.05, 0.1) is 6.54 Å². The molecule has 0 atom stereocenters. The van der Waals surface area contributed by atoms with E-state index in [0.717, 1.165) is 18.8 Å². The molecule has 3 nitrogen and oxygen atoms in total. The largest absolute Gasteiger partial charge is 0.480 e. The van der Waals surface area contributed by atoms with E-state index in [1.165, 1.54) is 4.90 Å². The fourth-order valence-electron chi connectivity index (χ4n) is 1.35. The van der Waals surface area contributed by atoms with Gasteiger partial charge in [0.2, 0.25) is 0 Å². The SMILES string of the molecule is CCN(CCSc1ccccc1)CC(=O)O. The summed E-state index contributed by atoms with van der Waals surface area (Å²) < 4.78 is 0. The molecule has 0 aromatic heterocycles. The van der Waals surface area contributed by atoms with E-state index < -0.39 is 5.97 Å². The summed E-state index contributed by atoms with van der Waals surface area (Å²) in [5, 5.41) is 8.68. The van der Waals surface area contributed by atoms with Gasteiger partial charge in [-0.15, -0.1) is 11.8 Å². The Bertz CT molecular complexity index is 316. The van der Waals surface area contributed by atoms with E-state index in [-0.39, 0.29) is 6.54 Å². The summed E-state index contributed by atoms with van der Waals surface area (Å²) in [6, 6.07) is 10.2. The van der Waals surface area contributed by atoms with Crippen molar-refractivity contribution in [3.8, 4) is 0 Å². The maximum absolute atomic E-state index is 10.6. The number of benzene rings is 1. The van der Waals surface area contributed by atoms with Crippen LogP contribution in [0, 0.1) is 0 Å². The lowest BCUT2D eigenvalue weighted by molar-refractivity contribution is -0.138. The molecule has 1 aromatic rings. The summed E-state index contributed by atoms with van der Waals surface area (Å²) in [6.07, 6.45) is 0. The highest BCUT2D eigenvalue weighted by Crippen LogP contribution is 2.16. The number of nitrogens with zero attached hydrogens (tertiary/aromatic N) is 1. The van der Waals surface area contributed by atoms with Crippen molar-refractivity contribution in [1.82, 2.24) is 4.90 Å². The number of hydrogen-bond donors (Lipinski definition) is 1. The van der Waals surface area contributed by atoms with E-state index >= 15 is 0 Å². The summed E-state index contributed by atoms with van der Waals surface area (Å²) >= 11 is 1.76. The first-order chi connectivity index (χ1) is 7.72. The van der Waals surface area contributed by atoms with Crippen LogP contribution in [0.3, 0.4) is 0 Å². The van der Waals surface area contributed by atoms with Crippen LogP contribution < -0.4 is 0 Å². The zero-order valence-electron chi connectivity index (χ0n) is 9.43. The van der Waals surface area contributed by atoms with Crippen LogP contribution >= 0.6 is 11.8 Å². The summed E-state index contributed by atoms with van der Waals surface area (Å²) in [7, 11) is 0. The summed E-state index contributed by atoms with van der Waals surface area (Å²) in [4.78, 5) is 13.7. The average molecular weight is 239 g/mol. The highest BCUT2D eigenvalue weighted by atomic mass is 32.2. The number of likely N-dealkylation sites (N-methyl/N-ethyl adjacent to an activating group) is 1. The van der Waals surface area contributed by atoms with Crippen molar-refractivity contribution in [2.45, 2.75) is 11.8 Å². The third kappa shape index (κ3) is 5.19. The van der Waals surface area contributed by atoms with Gasteiger partial charge in [0.25, 0.3) is 0 Å². The van der Waals surface area contributed by atoms with E-state index in [9.17, 15) is 4.79 Å². The van der Waals surface area contributed by atoms with Crippen LogP contribution in [0.1, 0.15) is 6.92 Å². The van der Waals surface area contributed by atoms with E-state index in [0.29, 0.717) is 0 Å². The molecule has 0 radical (unpaired) electrons. The molecule has 16 heavy (non-hydrogen) atoms. The van der Waals surface area contributed by atoms with Gasteiger partial charge in [-0.3, -0.25) is 9.69 Å². The van der Waals surface area contributed by atoms with Crippen LogP contribution in [-0.4, -0.2) is 41.4 Å². The third-order valence-electron chi connectivity index (χ3n) is 2.23. The van der Waals surface area contributed by atoms with Crippen LogP contribution in [0.25, 0.3) is 0 Å². The third-order valence-corrected chi connectivity index (χ3v) is 3.22. The van der Waals surface area contributed by atoms with Crippen molar-refractivity contribution in [1.29, 1.82) is 0 Å². The minimum absolute atomic E-state index is 0.131. The minimum Gasteiger partial charge on any atom is -0.480 e. The summed E-state index contributed by atoms with van der Waals surface area (Å²) in [5.74, 6) is 0.164. The second kappa shape index (κ2) is 7.30. The highest BCUT2D eigenvalue weighted by molar-refractivity contribution is 7.99. The van der Waals surface area contributed by atoms with Crippen molar-refractivity contribution in [2.75, 3.05) is 25.4 Å². The Hall–Kier alpha value is -1.00. The molecule has 0 saturated heterocycles. The molecule has 0 fully saturated rings. The average Bonchev–Trinajstić information content (AvgIpc) is 2.28. The standard InChI is InChI=1S/C12H17NO2S/c1-2-13(10-12(14)15)8-9-16-11-6-4-3-5-7-11/h3-7H,2,8-10H2,1H3,(H,14,15). The van der Waals surface area contributed by atoms with Gasteiger partial charge in [0.1, 0.15) is 0 Å². The summed E-state index contributed by atoms with van der Waals surface area (Å²) in [6.45, 7) is 3.70. The second-order valence-electron chi connectivity index (χ2n) is 3.42. The van der Waals surface area contributed by atoms with Crippen molar-refractivity contribution >= 4 is 17.7 Å². The molecule has 1 rings (SSSR count). The normalized spacial score (nSPS) is 10.6. The van der Waals surface area contributed by atoms with E-state index in [2.05, 4.69) is 12.1 Å². The fourth-order valence-corrected chi connectivity index (χ4v) is 2.28. The van der Waals surface area contributed by atoms with E-state index in [4.69, 9.17) is 5.11 Å². The van der Waals surface area contributed by atoms with Gasteiger partial charge in [-0.25, -0.2) is 0 Å². The van der Waals surface area contributed by atoms with Crippen molar-refractivity contribution in [3.05, 3.63) is 30.3 Å². The van der Waals surface area contributed by atoms with E-state index in [1.54, 1.807) is 11.8 Å². The maximum atomic E-state index is 10.6. The first-order valence-corrected chi connectivity index (χ1v) is 6.33. The Morgan fingerprint density at radius 2 is 2.06 bits per heavy atom. The quantitative estimate of drug-likeness (QED) is 0.740. The molecule has 0 spiro atoms. The molecular formula is C12H17NO2S. The molecule has 0 aliphatic heterocycles. The molecule has 88 valence electrons. The Balaban J connectivity index is 2.26. The molecule has 0 saturated carbocycles. The Morgan fingerprint density at radius 3 is 2.62 bits per heavy atom.